The minimum absolute atomic E-state index is 0.0639. The summed E-state index contributed by atoms with van der Waals surface area (Å²) < 4.78 is 11.3. The Morgan fingerprint density at radius 1 is 1.48 bits per heavy atom. The Balaban J connectivity index is 1.96. The van der Waals surface area contributed by atoms with Gasteiger partial charge in [-0.15, -0.1) is 0 Å². The molecule has 2 heterocycles. The predicted molar refractivity (Wildman–Crippen MR) is 80.7 cm³/mol. The van der Waals surface area contributed by atoms with E-state index >= 15 is 0 Å². The van der Waals surface area contributed by atoms with Crippen LogP contribution in [0.5, 0.6) is 5.75 Å². The molecule has 1 aliphatic rings. The summed E-state index contributed by atoms with van der Waals surface area (Å²) in [5, 5.41) is 0.391. The Morgan fingerprint density at radius 3 is 2.81 bits per heavy atom. The summed E-state index contributed by atoms with van der Waals surface area (Å²) in [6, 6.07) is 3.51. The average Bonchev–Trinajstić information content (AvgIpc) is 2.68. The van der Waals surface area contributed by atoms with E-state index in [9.17, 15) is 4.79 Å². The van der Waals surface area contributed by atoms with Crippen LogP contribution in [0.4, 0.5) is 4.79 Å². The van der Waals surface area contributed by atoms with Gasteiger partial charge in [0.25, 0.3) is 0 Å². The van der Waals surface area contributed by atoms with E-state index in [0.717, 1.165) is 6.42 Å². The lowest BCUT2D eigenvalue weighted by Gasteiger charge is -2.26. The summed E-state index contributed by atoms with van der Waals surface area (Å²) in [5.74, 6) is 0.665. The summed E-state index contributed by atoms with van der Waals surface area (Å²) in [6.07, 6.45) is 2.00. The maximum Gasteiger partial charge on any atom is 0.410 e. The number of amides is 1. The van der Waals surface area contributed by atoms with E-state index in [-0.39, 0.29) is 18.2 Å². The van der Waals surface area contributed by atoms with Crippen LogP contribution in [0.15, 0.2) is 18.3 Å². The second-order valence-electron chi connectivity index (χ2n) is 6.27. The molecule has 21 heavy (non-hydrogen) atoms. The standard InChI is InChI=1S/C15H21ClN2O3/c1-10-7-12(20-11-5-6-17-13(16)8-11)9-18(10)14(19)21-15(2,3)4/h5-6,8,10,12H,7,9H2,1-4H3/t10-,12+/m0/s1. The fraction of sp³-hybridized carbons (Fsp3) is 0.600. The van der Waals surface area contributed by atoms with Crippen molar-refractivity contribution in [3.8, 4) is 5.75 Å². The van der Waals surface area contributed by atoms with Gasteiger partial charge in [0.05, 0.1) is 6.54 Å². The van der Waals surface area contributed by atoms with E-state index in [1.54, 1.807) is 23.2 Å². The number of rotatable bonds is 2. The third-order valence-corrected chi connectivity index (χ3v) is 3.37. The molecular weight excluding hydrogens is 292 g/mol. The van der Waals surface area contributed by atoms with Gasteiger partial charge in [0.2, 0.25) is 0 Å². The molecule has 0 spiro atoms. The van der Waals surface area contributed by atoms with Crippen molar-refractivity contribution in [2.75, 3.05) is 6.54 Å². The van der Waals surface area contributed by atoms with Crippen LogP contribution in [0.1, 0.15) is 34.1 Å². The van der Waals surface area contributed by atoms with E-state index < -0.39 is 5.60 Å². The second kappa shape index (κ2) is 6.10. The second-order valence-corrected chi connectivity index (χ2v) is 6.66. The first kappa shape index (κ1) is 15.9. The lowest BCUT2D eigenvalue weighted by molar-refractivity contribution is 0.0224. The van der Waals surface area contributed by atoms with Gasteiger partial charge >= 0.3 is 6.09 Å². The summed E-state index contributed by atoms with van der Waals surface area (Å²) >= 11 is 5.84. The van der Waals surface area contributed by atoms with Gasteiger partial charge in [0.1, 0.15) is 22.6 Å². The van der Waals surface area contributed by atoms with Crippen molar-refractivity contribution in [3.05, 3.63) is 23.5 Å². The molecule has 6 heteroatoms. The average molecular weight is 313 g/mol. The molecule has 0 aliphatic carbocycles. The quantitative estimate of drug-likeness (QED) is 0.784. The van der Waals surface area contributed by atoms with Gasteiger partial charge < -0.3 is 14.4 Å². The molecule has 5 nitrogen and oxygen atoms in total. The molecule has 0 unspecified atom stereocenters. The fourth-order valence-electron chi connectivity index (χ4n) is 2.29. The number of nitrogens with zero attached hydrogens (tertiary/aromatic N) is 2. The number of hydrogen-bond acceptors (Lipinski definition) is 4. The van der Waals surface area contributed by atoms with Crippen molar-refractivity contribution in [2.45, 2.75) is 51.9 Å². The van der Waals surface area contributed by atoms with Gasteiger partial charge in [-0.25, -0.2) is 9.78 Å². The smallest absolute Gasteiger partial charge is 0.410 e. The molecule has 0 N–H and O–H groups in total. The highest BCUT2D eigenvalue weighted by molar-refractivity contribution is 6.29. The molecule has 2 atom stereocenters. The molecule has 0 aromatic carbocycles. The van der Waals surface area contributed by atoms with E-state index in [4.69, 9.17) is 21.1 Å². The first-order valence-electron chi connectivity index (χ1n) is 7.02. The minimum atomic E-state index is -0.492. The third-order valence-electron chi connectivity index (χ3n) is 3.17. The van der Waals surface area contributed by atoms with Crippen molar-refractivity contribution in [3.63, 3.8) is 0 Å². The van der Waals surface area contributed by atoms with Gasteiger partial charge in [0.15, 0.2) is 0 Å². The Hall–Kier alpha value is -1.49. The normalized spacial score (nSPS) is 22.2. The number of ether oxygens (including phenoxy) is 2. The molecule has 116 valence electrons. The predicted octanol–water partition coefficient (Wildman–Crippen LogP) is 3.51. The number of halogens is 1. The number of hydrogen-bond donors (Lipinski definition) is 0. The molecular formula is C15H21ClN2O3. The van der Waals surface area contributed by atoms with Crippen molar-refractivity contribution in [1.82, 2.24) is 9.88 Å². The van der Waals surface area contributed by atoms with Crippen LogP contribution < -0.4 is 4.74 Å². The lowest BCUT2D eigenvalue weighted by Crippen LogP contribution is -2.39. The number of likely N-dealkylation sites (tertiary alicyclic amines) is 1. The number of carbonyl (C=O) groups is 1. The summed E-state index contributed by atoms with van der Waals surface area (Å²) in [6.45, 7) is 8.08. The SMILES string of the molecule is C[C@H]1C[C@@H](Oc2ccnc(Cl)c2)CN1C(=O)OC(C)(C)C. The fourth-order valence-corrected chi connectivity index (χ4v) is 2.46. The monoisotopic (exact) mass is 312 g/mol. The number of carbonyl (C=O) groups excluding carboxylic acids is 1. The summed E-state index contributed by atoms with van der Waals surface area (Å²) in [4.78, 5) is 17.8. The van der Waals surface area contributed by atoms with Crippen molar-refractivity contribution >= 4 is 17.7 Å². The van der Waals surface area contributed by atoms with Crippen LogP contribution in [0.3, 0.4) is 0 Å². The number of pyridine rings is 1. The molecule has 0 saturated carbocycles. The third kappa shape index (κ3) is 4.49. The Labute approximate surface area is 130 Å². The zero-order chi connectivity index (χ0) is 15.6. The van der Waals surface area contributed by atoms with Crippen LogP contribution in [0.25, 0.3) is 0 Å². The Bertz CT molecular complexity index is 516. The lowest BCUT2D eigenvalue weighted by atomic mass is 10.2. The first-order valence-corrected chi connectivity index (χ1v) is 7.40. The van der Waals surface area contributed by atoms with Gasteiger partial charge in [-0.1, -0.05) is 11.6 Å². The molecule has 1 amide bonds. The molecule has 1 aliphatic heterocycles. The van der Waals surface area contributed by atoms with Crippen LogP contribution in [0.2, 0.25) is 5.15 Å². The van der Waals surface area contributed by atoms with Crippen LogP contribution in [-0.4, -0.2) is 40.3 Å². The minimum Gasteiger partial charge on any atom is -0.488 e. The molecule has 0 bridgehead atoms. The van der Waals surface area contributed by atoms with Gasteiger partial charge in [-0.3, -0.25) is 0 Å². The topological polar surface area (TPSA) is 51.7 Å². The van der Waals surface area contributed by atoms with Crippen molar-refractivity contribution in [2.24, 2.45) is 0 Å². The maximum absolute atomic E-state index is 12.1. The highest BCUT2D eigenvalue weighted by Crippen LogP contribution is 2.25. The van der Waals surface area contributed by atoms with Gasteiger partial charge in [-0.05, 0) is 33.8 Å². The maximum atomic E-state index is 12.1. The first-order chi connectivity index (χ1) is 9.74. The zero-order valence-corrected chi connectivity index (χ0v) is 13.6. The molecule has 0 radical (unpaired) electrons. The molecule has 1 aromatic rings. The molecule has 2 rings (SSSR count). The Morgan fingerprint density at radius 2 is 2.19 bits per heavy atom. The molecule has 1 fully saturated rings. The van der Waals surface area contributed by atoms with E-state index in [2.05, 4.69) is 4.98 Å². The van der Waals surface area contributed by atoms with Crippen molar-refractivity contribution in [1.29, 1.82) is 0 Å². The number of aromatic nitrogens is 1. The van der Waals surface area contributed by atoms with E-state index in [1.807, 2.05) is 27.7 Å². The van der Waals surface area contributed by atoms with Crippen LogP contribution >= 0.6 is 11.6 Å². The summed E-state index contributed by atoms with van der Waals surface area (Å²) in [7, 11) is 0. The Kier molecular flexibility index (Phi) is 4.61. The zero-order valence-electron chi connectivity index (χ0n) is 12.8. The highest BCUT2D eigenvalue weighted by Gasteiger charge is 2.36. The van der Waals surface area contributed by atoms with Gasteiger partial charge in [0, 0.05) is 24.7 Å². The van der Waals surface area contributed by atoms with Crippen molar-refractivity contribution < 1.29 is 14.3 Å². The molecule has 1 saturated heterocycles. The van der Waals surface area contributed by atoms with Gasteiger partial charge in [-0.2, -0.15) is 0 Å². The van der Waals surface area contributed by atoms with E-state index in [0.29, 0.717) is 17.4 Å². The van der Waals surface area contributed by atoms with E-state index in [1.165, 1.54) is 0 Å². The van der Waals surface area contributed by atoms with Crippen LogP contribution in [0, 0.1) is 0 Å². The van der Waals surface area contributed by atoms with Crippen LogP contribution in [-0.2, 0) is 4.74 Å². The molecule has 1 aromatic heterocycles. The largest absolute Gasteiger partial charge is 0.488 e. The highest BCUT2D eigenvalue weighted by atomic mass is 35.5. The summed E-state index contributed by atoms with van der Waals surface area (Å²) in [5.41, 5.74) is -0.492.